The molecule has 1 fully saturated rings. The van der Waals surface area contributed by atoms with Crippen molar-refractivity contribution < 1.29 is 9.84 Å². The lowest BCUT2D eigenvalue weighted by Gasteiger charge is -2.32. The highest BCUT2D eigenvalue weighted by atomic mass is 32.2. The van der Waals surface area contributed by atoms with Crippen LogP contribution in [-0.4, -0.2) is 32.9 Å². The number of hydrogen-bond acceptors (Lipinski definition) is 5. The van der Waals surface area contributed by atoms with Gasteiger partial charge < -0.3 is 9.84 Å². The molecule has 164 valence electrons. The third-order valence-corrected chi connectivity index (χ3v) is 7.36. The lowest BCUT2D eigenvalue weighted by molar-refractivity contribution is -0.0680. The molecule has 1 aliphatic rings. The number of rotatable bonds is 4. The van der Waals surface area contributed by atoms with Crippen LogP contribution in [0.4, 0.5) is 0 Å². The quantitative estimate of drug-likeness (QED) is 0.378. The van der Waals surface area contributed by atoms with Crippen molar-refractivity contribution in [3.05, 3.63) is 90.8 Å². The third kappa shape index (κ3) is 3.80. The molecule has 5 nitrogen and oxygen atoms in total. The van der Waals surface area contributed by atoms with Gasteiger partial charge in [0.1, 0.15) is 6.33 Å². The zero-order valence-electron chi connectivity index (χ0n) is 18.0. The average Bonchev–Trinajstić information content (AvgIpc) is 3.34. The number of nitrogens with zero attached hydrogens (tertiary/aromatic N) is 3. The fourth-order valence-corrected chi connectivity index (χ4v) is 5.49. The number of aliphatic hydroxyl groups is 1. The van der Waals surface area contributed by atoms with Crippen molar-refractivity contribution in [3.8, 4) is 11.1 Å². The summed E-state index contributed by atoms with van der Waals surface area (Å²) in [6.07, 6.45) is 3.03. The minimum Gasteiger partial charge on any atom is -0.385 e. The second kappa shape index (κ2) is 8.30. The molecule has 0 saturated carbocycles. The van der Waals surface area contributed by atoms with Gasteiger partial charge in [-0.15, -0.1) is 10.2 Å². The van der Waals surface area contributed by atoms with Crippen LogP contribution in [0.25, 0.3) is 27.7 Å². The van der Waals surface area contributed by atoms with Crippen molar-refractivity contribution in [2.45, 2.75) is 28.2 Å². The van der Waals surface area contributed by atoms with Crippen molar-refractivity contribution in [3.63, 3.8) is 0 Å². The predicted octanol–water partition coefficient (Wildman–Crippen LogP) is 5.70. The van der Waals surface area contributed by atoms with Crippen molar-refractivity contribution in [1.29, 1.82) is 0 Å². The first-order valence-corrected chi connectivity index (χ1v) is 11.9. The summed E-state index contributed by atoms with van der Waals surface area (Å²) in [5.41, 5.74) is 4.35. The van der Waals surface area contributed by atoms with Gasteiger partial charge in [0.15, 0.2) is 5.65 Å². The maximum absolute atomic E-state index is 11.1. The van der Waals surface area contributed by atoms with Gasteiger partial charge in [0.05, 0.1) is 11.1 Å². The van der Waals surface area contributed by atoms with Crippen LogP contribution in [0.15, 0.2) is 95.0 Å². The van der Waals surface area contributed by atoms with Gasteiger partial charge in [-0.1, -0.05) is 60.3 Å². The molecular weight excluding hydrogens is 430 g/mol. The van der Waals surface area contributed by atoms with Crippen molar-refractivity contribution in [2.24, 2.45) is 0 Å². The van der Waals surface area contributed by atoms with Crippen LogP contribution in [0, 0.1) is 0 Å². The Balaban J connectivity index is 1.40. The summed E-state index contributed by atoms with van der Waals surface area (Å²) in [7, 11) is 0. The Kier molecular flexibility index (Phi) is 5.14. The van der Waals surface area contributed by atoms with E-state index in [1.165, 1.54) is 0 Å². The highest BCUT2D eigenvalue weighted by Crippen LogP contribution is 2.38. The Morgan fingerprint density at radius 2 is 1.70 bits per heavy atom. The van der Waals surface area contributed by atoms with Crippen LogP contribution in [-0.2, 0) is 10.3 Å². The van der Waals surface area contributed by atoms with Gasteiger partial charge >= 0.3 is 0 Å². The van der Waals surface area contributed by atoms with Crippen molar-refractivity contribution >= 4 is 28.3 Å². The third-order valence-electron chi connectivity index (χ3n) is 6.38. The SMILES string of the molecule is OC1(c2cccc(Sc3ccc4c(-c5ccccc5)cc5nncn5c4c3)c2)CCOCC1. The molecule has 5 aromatic rings. The van der Waals surface area contributed by atoms with Gasteiger partial charge in [0.2, 0.25) is 0 Å². The monoisotopic (exact) mass is 453 g/mol. The first kappa shape index (κ1) is 20.4. The van der Waals surface area contributed by atoms with E-state index in [4.69, 9.17) is 4.74 Å². The molecule has 6 heteroatoms. The molecule has 0 spiro atoms. The fraction of sp³-hybridized carbons (Fsp3) is 0.185. The Labute approximate surface area is 196 Å². The summed E-state index contributed by atoms with van der Waals surface area (Å²) in [5.74, 6) is 0. The molecule has 0 bridgehead atoms. The largest absolute Gasteiger partial charge is 0.385 e. The summed E-state index contributed by atoms with van der Waals surface area (Å²) < 4.78 is 7.48. The zero-order chi connectivity index (χ0) is 22.3. The smallest absolute Gasteiger partial charge is 0.161 e. The average molecular weight is 454 g/mol. The first-order chi connectivity index (χ1) is 16.2. The number of aromatic nitrogens is 3. The molecular formula is C27H23N3O2S. The second-order valence-electron chi connectivity index (χ2n) is 8.44. The molecule has 0 radical (unpaired) electrons. The van der Waals surface area contributed by atoms with Crippen molar-refractivity contribution in [2.75, 3.05) is 13.2 Å². The summed E-state index contributed by atoms with van der Waals surface area (Å²) in [5, 5.41) is 20.7. The number of pyridine rings is 1. The minimum absolute atomic E-state index is 0.594. The fourth-order valence-electron chi connectivity index (χ4n) is 4.58. The lowest BCUT2D eigenvalue weighted by Crippen LogP contribution is -2.33. The predicted molar refractivity (Wildman–Crippen MR) is 130 cm³/mol. The normalized spacial score (nSPS) is 15.8. The summed E-state index contributed by atoms with van der Waals surface area (Å²) in [6, 6.07) is 27.2. The number of ether oxygens (including phenoxy) is 1. The minimum atomic E-state index is -0.808. The summed E-state index contributed by atoms with van der Waals surface area (Å²) in [6.45, 7) is 1.19. The molecule has 0 unspecified atom stereocenters. The van der Waals surface area contributed by atoms with E-state index < -0.39 is 5.60 Å². The molecule has 6 rings (SSSR count). The van der Waals surface area contributed by atoms with Crippen LogP contribution in [0.1, 0.15) is 18.4 Å². The Morgan fingerprint density at radius 1 is 0.879 bits per heavy atom. The summed E-state index contributed by atoms with van der Waals surface area (Å²) >= 11 is 1.70. The van der Waals surface area contributed by atoms with Crippen LogP contribution in [0.5, 0.6) is 0 Å². The van der Waals surface area contributed by atoms with E-state index in [0.717, 1.165) is 43.0 Å². The Morgan fingerprint density at radius 3 is 2.55 bits per heavy atom. The van der Waals surface area contributed by atoms with Crippen molar-refractivity contribution in [1.82, 2.24) is 14.6 Å². The van der Waals surface area contributed by atoms with Crippen LogP contribution >= 0.6 is 11.8 Å². The molecule has 1 saturated heterocycles. The molecule has 3 aromatic carbocycles. The highest BCUT2D eigenvalue weighted by Gasteiger charge is 2.31. The lowest BCUT2D eigenvalue weighted by atomic mass is 9.87. The number of hydrogen-bond donors (Lipinski definition) is 1. The van der Waals surface area contributed by atoms with E-state index >= 15 is 0 Å². The zero-order valence-corrected chi connectivity index (χ0v) is 18.8. The molecule has 0 atom stereocenters. The second-order valence-corrected chi connectivity index (χ2v) is 9.58. The van der Waals surface area contributed by atoms with E-state index in [1.54, 1.807) is 18.1 Å². The van der Waals surface area contributed by atoms with Gasteiger partial charge in [-0.2, -0.15) is 0 Å². The molecule has 0 amide bonds. The molecule has 0 aliphatic carbocycles. The van der Waals surface area contributed by atoms with E-state index in [2.05, 4.69) is 70.9 Å². The Bertz CT molecular complexity index is 1440. The van der Waals surface area contributed by atoms with Crippen LogP contribution < -0.4 is 0 Å². The van der Waals surface area contributed by atoms with Gasteiger partial charge in [0.25, 0.3) is 0 Å². The van der Waals surface area contributed by atoms with E-state index in [9.17, 15) is 5.11 Å². The van der Waals surface area contributed by atoms with Gasteiger partial charge in [-0.3, -0.25) is 4.40 Å². The molecule has 1 aliphatic heterocycles. The molecule has 3 heterocycles. The number of benzene rings is 3. The van der Waals surface area contributed by atoms with E-state index in [0.29, 0.717) is 26.1 Å². The van der Waals surface area contributed by atoms with E-state index in [1.807, 2.05) is 22.6 Å². The topological polar surface area (TPSA) is 59.7 Å². The van der Waals surface area contributed by atoms with Gasteiger partial charge in [-0.25, -0.2) is 0 Å². The van der Waals surface area contributed by atoms with E-state index in [-0.39, 0.29) is 0 Å². The van der Waals surface area contributed by atoms with Gasteiger partial charge in [-0.05, 0) is 47.0 Å². The first-order valence-electron chi connectivity index (χ1n) is 11.1. The molecule has 1 N–H and O–H groups in total. The maximum Gasteiger partial charge on any atom is 0.161 e. The highest BCUT2D eigenvalue weighted by molar-refractivity contribution is 7.99. The van der Waals surface area contributed by atoms with Gasteiger partial charge in [0, 0.05) is 41.2 Å². The molecule has 33 heavy (non-hydrogen) atoms. The number of fused-ring (bicyclic) bond motifs is 3. The standard InChI is InChI=1S/C27H23N3O2S/c31-27(11-13-32-14-12-27)20-7-4-8-21(15-20)33-22-9-10-23-24(19-5-2-1-3-6-19)17-26-29-28-18-30(26)25(23)16-22/h1-10,15-18,31H,11-14H2. The molecule has 2 aromatic heterocycles. The maximum atomic E-state index is 11.1. The summed E-state index contributed by atoms with van der Waals surface area (Å²) in [4.78, 5) is 2.23. The van der Waals surface area contributed by atoms with Crippen LogP contribution in [0.3, 0.4) is 0 Å². The Hall–Kier alpha value is -3.19. The van der Waals surface area contributed by atoms with Crippen LogP contribution in [0.2, 0.25) is 0 Å².